The van der Waals surface area contributed by atoms with E-state index in [1.807, 2.05) is 60.7 Å². The molecule has 2 aromatic carbocycles. The molecule has 0 unspecified atom stereocenters. The summed E-state index contributed by atoms with van der Waals surface area (Å²) in [6.45, 7) is 0.347. The zero-order valence-electron chi connectivity index (χ0n) is 12.9. The number of rotatable bonds is 6. The molecule has 2 aromatic rings. The highest BCUT2D eigenvalue weighted by atomic mass is 16.5. The van der Waals surface area contributed by atoms with Crippen LogP contribution in [0.2, 0.25) is 0 Å². The van der Waals surface area contributed by atoms with Crippen molar-refractivity contribution < 1.29 is 14.3 Å². The number of hydrazine groups is 1. The van der Waals surface area contributed by atoms with Crippen LogP contribution in [0.25, 0.3) is 0 Å². The van der Waals surface area contributed by atoms with Gasteiger partial charge in [0, 0.05) is 0 Å². The number of carbonyl (C=O) groups is 2. The van der Waals surface area contributed by atoms with E-state index >= 15 is 0 Å². The van der Waals surface area contributed by atoms with Crippen LogP contribution in [0, 0.1) is 0 Å². The number of amides is 2. The van der Waals surface area contributed by atoms with E-state index in [9.17, 15) is 9.59 Å². The standard InChI is InChI=1S/C17H19N3O3/c1-23-17(22)18-12-16(21)19-20(15-10-6-3-7-11-15)13-14-8-4-2-5-9-14/h2-11H,12-13H2,1H3,(H,18,22)(H,19,21). The molecular formula is C17H19N3O3. The summed E-state index contributed by atoms with van der Waals surface area (Å²) < 4.78 is 4.44. The van der Waals surface area contributed by atoms with Crippen molar-refractivity contribution in [3.63, 3.8) is 0 Å². The summed E-state index contributed by atoms with van der Waals surface area (Å²) in [4.78, 5) is 23.1. The highest BCUT2D eigenvalue weighted by molar-refractivity contribution is 5.83. The average Bonchev–Trinajstić information content (AvgIpc) is 2.60. The van der Waals surface area contributed by atoms with Gasteiger partial charge in [-0.2, -0.15) is 0 Å². The molecule has 0 spiro atoms. The van der Waals surface area contributed by atoms with Crippen molar-refractivity contribution in [2.24, 2.45) is 0 Å². The van der Waals surface area contributed by atoms with Gasteiger partial charge in [0.1, 0.15) is 6.54 Å². The van der Waals surface area contributed by atoms with Crippen molar-refractivity contribution in [2.75, 3.05) is 18.7 Å². The molecule has 0 radical (unpaired) electrons. The normalized spacial score (nSPS) is 9.78. The number of nitrogens with one attached hydrogen (secondary N) is 2. The molecular weight excluding hydrogens is 294 g/mol. The number of nitrogens with zero attached hydrogens (tertiary/aromatic N) is 1. The van der Waals surface area contributed by atoms with Gasteiger partial charge in [-0.15, -0.1) is 0 Å². The lowest BCUT2D eigenvalue weighted by atomic mass is 10.2. The van der Waals surface area contributed by atoms with Crippen LogP contribution in [0.4, 0.5) is 10.5 Å². The molecule has 6 nitrogen and oxygen atoms in total. The van der Waals surface area contributed by atoms with E-state index < -0.39 is 6.09 Å². The van der Waals surface area contributed by atoms with Crippen LogP contribution in [0.3, 0.4) is 0 Å². The van der Waals surface area contributed by atoms with E-state index in [-0.39, 0.29) is 12.5 Å². The number of alkyl carbamates (subject to hydrolysis) is 1. The Hall–Kier alpha value is -3.02. The minimum Gasteiger partial charge on any atom is -0.453 e. The number of methoxy groups -OCH3 is 1. The molecule has 2 rings (SSSR count). The first-order chi connectivity index (χ1) is 11.2. The van der Waals surface area contributed by atoms with E-state index in [4.69, 9.17) is 0 Å². The second-order valence-corrected chi connectivity index (χ2v) is 4.79. The number of para-hydroxylation sites is 1. The van der Waals surface area contributed by atoms with Crippen LogP contribution in [0.1, 0.15) is 5.56 Å². The smallest absolute Gasteiger partial charge is 0.407 e. The van der Waals surface area contributed by atoms with Gasteiger partial charge in [-0.05, 0) is 17.7 Å². The van der Waals surface area contributed by atoms with Crippen LogP contribution < -0.4 is 15.8 Å². The molecule has 6 heteroatoms. The maximum atomic E-state index is 12.0. The SMILES string of the molecule is COC(=O)NCC(=O)NN(Cc1ccccc1)c1ccccc1. The molecule has 23 heavy (non-hydrogen) atoms. The van der Waals surface area contributed by atoms with Gasteiger partial charge >= 0.3 is 6.09 Å². The van der Waals surface area contributed by atoms with Gasteiger partial charge in [0.05, 0.1) is 19.3 Å². The van der Waals surface area contributed by atoms with Gasteiger partial charge < -0.3 is 10.1 Å². The van der Waals surface area contributed by atoms with E-state index in [0.717, 1.165) is 11.3 Å². The fraction of sp³-hybridized carbons (Fsp3) is 0.176. The monoisotopic (exact) mass is 313 g/mol. The summed E-state index contributed by atoms with van der Waals surface area (Å²) in [5.74, 6) is -0.338. The first-order valence-electron chi connectivity index (χ1n) is 7.17. The summed E-state index contributed by atoms with van der Waals surface area (Å²) >= 11 is 0. The van der Waals surface area contributed by atoms with Gasteiger partial charge in [-0.3, -0.25) is 15.2 Å². The van der Waals surface area contributed by atoms with Crippen molar-refractivity contribution in [2.45, 2.75) is 6.54 Å². The third kappa shape index (κ3) is 5.35. The van der Waals surface area contributed by atoms with Crippen molar-refractivity contribution in [3.8, 4) is 0 Å². The van der Waals surface area contributed by atoms with Crippen LogP contribution in [-0.2, 0) is 16.1 Å². The third-order valence-corrected chi connectivity index (χ3v) is 3.09. The minimum absolute atomic E-state index is 0.162. The maximum Gasteiger partial charge on any atom is 0.407 e. The summed E-state index contributed by atoms with van der Waals surface area (Å²) in [7, 11) is 1.25. The number of hydrogen-bond acceptors (Lipinski definition) is 4. The maximum absolute atomic E-state index is 12.0. The molecule has 120 valence electrons. The summed E-state index contributed by atoms with van der Waals surface area (Å²) in [5.41, 5.74) is 4.69. The van der Waals surface area contributed by atoms with Crippen molar-refractivity contribution in [1.29, 1.82) is 0 Å². The van der Waals surface area contributed by atoms with E-state index in [2.05, 4.69) is 15.5 Å². The molecule has 2 N–H and O–H groups in total. The molecule has 0 atom stereocenters. The van der Waals surface area contributed by atoms with Gasteiger partial charge in [0.25, 0.3) is 5.91 Å². The Kier molecular flexibility index (Phi) is 5.99. The van der Waals surface area contributed by atoms with Crippen molar-refractivity contribution in [3.05, 3.63) is 66.2 Å². The Morgan fingerprint density at radius 1 is 1.00 bits per heavy atom. The zero-order chi connectivity index (χ0) is 16.5. The van der Waals surface area contributed by atoms with Gasteiger partial charge in [0.15, 0.2) is 0 Å². The summed E-state index contributed by atoms with van der Waals surface area (Å²) in [6.07, 6.45) is -0.644. The Morgan fingerprint density at radius 3 is 2.22 bits per heavy atom. The third-order valence-electron chi connectivity index (χ3n) is 3.09. The van der Waals surface area contributed by atoms with Crippen LogP contribution >= 0.6 is 0 Å². The number of benzene rings is 2. The van der Waals surface area contributed by atoms with E-state index in [0.29, 0.717) is 6.54 Å². The molecule has 0 fully saturated rings. The van der Waals surface area contributed by atoms with Gasteiger partial charge in [0.2, 0.25) is 0 Å². The van der Waals surface area contributed by atoms with Gasteiger partial charge in [-0.25, -0.2) is 4.79 Å². The molecule has 0 aromatic heterocycles. The molecule has 2 amide bonds. The van der Waals surface area contributed by atoms with Crippen LogP contribution in [0.5, 0.6) is 0 Å². The lowest BCUT2D eigenvalue weighted by Gasteiger charge is -2.25. The number of hydrogen-bond donors (Lipinski definition) is 2. The van der Waals surface area contributed by atoms with Crippen molar-refractivity contribution in [1.82, 2.24) is 10.7 Å². The molecule has 0 heterocycles. The second-order valence-electron chi connectivity index (χ2n) is 4.79. The highest BCUT2D eigenvalue weighted by Gasteiger charge is 2.12. The van der Waals surface area contributed by atoms with Gasteiger partial charge in [-0.1, -0.05) is 48.5 Å². The molecule has 0 bridgehead atoms. The Labute approximate surface area is 135 Å². The molecule has 0 saturated carbocycles. The first-order valence-corrected chi connectivity index (χ1v) is 7.17. The Bertz CT molecular complexity index is 632. The molecule has 0 aliphatic rings. The predicted octanol–water partition coefficient (Wildman–Crippen LogP) is 2.08. The average molecular weight is 313 g/mol. The molecule has 0 aliphatic heterocycles. The van der Waals surface area contributed by atoms with Crippen molar-refractivity contribution >= 4 is 17.7 Å². The number of anilines is 1. The van der Waals surface area contributed by atoms with Crippen LogP contribution in [0.15, 0.2) is 60.7 Å². The summed E-state index contributed by atoms with van der Waals surface area (Å²) in [5, 5.41) is 4.09. The zero-order valence-corrected chi connectivity index (χ0v) is 12.9. The fourth-order valence-corrected chi connectivity index (χ4v) is 1.98. The molecule has 0 aliphatic carbocycles. The van der Waals surface area contributed by atoms with E-state index in [1.54, 1.807) is 5.01 Å². The first kappa shape index (κ1) is 16.4. The second kappa shape index (κ2) is 8.43. The summed E-state index contributed by atoms with van der Waals surface area (Å²) in [6, 6.07) is 19.3. The lowest BCUT2D eigenvalue weighted by Crippen LogP contribution is -2.46. The van der Waals surface area contributed by atoms with E-state index in [1.165, 1.54) is 7.11 Å². The topological polar surface area (TPSA) is 70.7 Å². The lowest BCUT2D eigenvalue weighted by molar-refractivity contribution is -0.120. The highest BCUT2D eigenvalue weighted by Crippen LogP contribution is 2.14. The predicted molar refractivity (Wildman–Crippen MR) is 87.6 cm³/mol. The Balaban J connectivity index is 2.05. The largest absolute Gasteiger partial charge is 0.453 e. The minimum atomic E-state index is -0.644. The van der Waals surface area contributed by atoms with Crippen LogP contribution in [-0.4, -0.2) is 25.7 Å². The number of carbonyl (C=O) groups excluding carboxylic acids is 2. The molecule has 0 saturated heterocycles. The Morgan fingerprint density at radius 2 is 1.61 bits per heavy atom. The fourth-order valence-electron chi connectivity index (χ4n) is 1.98. The quantitative estimate of drug-likeness (QED) is 0.801. The number of ether oxygens (including phenoxy) is 1.